The van der Waals surface area contributed by atoms with Crippen LogP contribution in [0.3, 0.4) is 0 Å². The van der Waals surface area contributed by atoms with Crippen molar-refractivity contribution in [2.45, 2.75) is 6.92 Å². The van der Waals surface area contributed by atoms with E-state index in [-0.39, 0.29) is 0 Å². The average molecular weight is 327 g/mol. The summed E-state index contributed by atoms with van der Waals surface area (Å²) in [6, 6.07) is 16.5. The van der Waals surface area contributed by atoms with Crippen LogP contribution in [-0.2, 0) is 0 Å². The first-order valence-electron chi connectivity index (χ1n) is 6.53. The van der Waals surface area contributed by atoms with Crippen molar-refractivity contribution in [3.63, 3.8) is 0 Å². The van der Waals surface area contributed by atoms with Gasteiger partial charge < -0.3 is 5.32 Å². The van der Waals surface area contributed by atoms with Gasteiger partial charge in [-0.3, -0.25) is 0 Å². The van der Waals surface area contributed by atoms with E-state index >= 15 is 0 Å². The fourth-order valence-electron chi connectivity index (χ4n) is 2.39. The van der Waals surface area contributed by atoms with Crippen LogP contribution in [0.1, 0.15) is 5.56 Å². The second-order valence-corrected chi connectivity index (χ2v) is 5.61. The molecule has 3 aromatic rings. The molecule has 2 nitrogen and oxygen atoms in total. The van der Waals surface area contributed by atoms with Crippen molar-refractivity contribution >= 4 is 32.5 Å². The van der Waals surface area contributed by atoms with E-state index in [1.165, 1.54) is 5.56 Å². The van der Waals surface area contributed by atoms with Gasteiger partial charge in [-0.05, 0) is 24.6 Å². The predicted molar refractivity (Wildman–Crippen MR) is 89.2 cm³/mol. The highest BCUT2D eigenvalue weighted by atomic mass is 79.9. The fraction of sp³-hybridized carbons (Fsp3) is 0.118. The maximum absolute atomic E-state index is 4.84. The van der Waals surface area contributed by atoms with Crippen LogP contribution < -0.4 is 5.32 Å². The SMILES string of the molecule is CNc1cc(-c2ccccc2)nc2c(C)ccc(Br)c12. The minimum atomic E-state index is 0.989. The number of hydrogen-bond donors (Lipinski definition) is 1. The molecule has 0 amide bonds. The molecule has 0 unspecified atom stereocenters. The maximum atomic E-state index is 4.84. The van der Waals surface area contributed by atoms with Crippen molar-refractivity contribution < 1.29 is 0 Å². The van der Waals surface area contributed by atoms with Crippen molar-refractivity contribution in [1.82, 2.24) is 4.98 Å². The zero-order chi connectivity index (χ0) is 14.1. The van der Waals surface area contributed by atoms with Crippen molar-refractivity contribution in [2.24, 2.45) is 0 Å². The summed E-state index contributed by atoms with van der Waals surface area (Å²) in [5, 5.41) is 4.41. The smallest absolute Gasteiger partial charge is 0.0770 e. The molecule has 0 atom stereocenters. The van der Waals surface area contributed by atoms with E-state index in [0.717, 1.165) is 32.3 Å². The van der Waals surface area contributed by atoms with Gasteiger partial charge in [0.15, 0.2) is 0 Å². The minimum absolute atomic E-state index is 0.989. The fourth-order valence-corrected chi connectivity index (χ4v) is 2.92. The number of nitrogens with one attached hydrogen (secondary N) is 1. The average Bonchev–Trinajstić information content (AvgIpc) is 2.51. The summed E-state index contributed by atoms with van der Waals surface area (Å²) in [5.74, 6) is 0. The molecule has 0 spiro atoms. The van der Waals surface area contributed by atoms with Crippen LogP contribution in [-0.4, -0.2) is 12.0 Å². The van der Waals surface area contributed by atoms with E-state index in [2.05, 4.69) is 58.5 Å². The van der Waals surface area contributed by atoms with Crippen molar-refractivity contribution in [3.8, 4) is 11.3 Å². The molecule has 3 heteroatoms. The van der Waals surface area contributed by atoms with Crippen LogP contribution in [0.4, 0.5) is 5.69 Å². The molecule has 100 valence electrons. The monoisotopic (exact) mass is 326 g/mol. The van der Waals surface area contributed by atoms with Gasteiger partial charge in [0, 0.05) is 28.2 Å². The molecule has 0 aliphatic carbocycles. The summed E-state index contributed by atoms with van der Waals surface area (Å²) in [5.41, 5.74) is 5.42. The quantitative estimate of drug-likeness (QED) is 0.715. The van der Waals surface area contributed by atoms with E-state index in [1.807, 2.05) is 25.2 Å². The minimum Gasteiger partial charge on any atom is -0.387 e. The Morgan fingerprint density at radius 2 is 1.80 bits per heavy atom. The van der Waals surface area contributed by atoms with Crippen molar-refractivity contribution in [1.29, 1.82) is 0 Å². The first kappa shape index (κ1) is 13.1. The molecule has 0 aliphatic rings. The topological polar surface area (TPSA) is 24.9 Å². The Labute approximate surface area is 127 Å². The van der Waals surface area contributed by atoms with Gasteiger partial charge in [-0.15, -0.1) is 0 Å². The number of benzene rings is 2. The molecular weight excluding hydrogens is 312 g/mol. The molecule has 3 rings (SSSR count). The van der Waals surface area contributed by atoms with Crippen molar-refractivity contribution in [2.75, 3.05) is 12.4 Å². The number of hydrogen-bond acceptors (Lipinski definition) is 2. The Morgan fingerprint density at radius 3 is 2.50 bits per heavy atom. The molecule has 0 saturated heterocycles. The van der Waals surface area contributed by atoms with E-state index < -0.39 is 0 Å². The molecule has 0 saturated carbocycles. The third kappa shape index (κ3) is 2.18. The lowest BCUT2D eigenvalue weighted by molar-refractivity contribution is 1.35. The second-order valence-electron chi connectivity index (χ2n) is 4.76. The lowest BCUT2D eigenvalue weighted by Gasteiger charge is -2.12. The molecule has 1 aromatic heterocycles. The summed E-state index contributed by atoms with van der Waals surface area (Å²) in [4.78, 5) is 4.84. The van der Waals surface area contributed by atoms with Gasteiger partial charge in [0.25, 0.3) is 0 Å². The number of fused-ring (bicyclic) bond motifs is 1. The van der Waals surface area contributed by atoms with Crippen LogP contribution >= 0.6 is 15.9 Å². The summed E-state index contributed by atoms with van der Waals surface area (Å²) in [7, 11) is 1.94. The van der Waals surface area contributed by atoms with Crippen LogP contribution in [0.2, 0.25) is 0 Å². The molecule has 2 aromatic carbocycles. The van der Waals surface area contributed by atoms with Gasteiger partial charge in [0.1, 0.15) is 0 Å². The van der Waals surface area contributed by atoms with Gasteiger partial charge in [-0.2, -0.15) is 0 Å². The van der Waals surface area contributed by atoms with Crippen molar-refractivity contribution in [3.05, 3.63) is 58.6 Å². The lowest BCUT2D eigenvalue weighted by atomic mass is 10.1. The van der Waals surface area contributed by atoms with Gasteiger partial charge >= 0.3 is 0 Å². The third-order valence-corrected chi connectivity index (χ3v) is 4.11. The van der Waals surface area contributed by atoms with E-state index in [1.54, 1.807) is 0 Å². The first-order valence-corrected chi connectivity index (χ1v) is 7.33. The predicted octanol–water partition coefficient (Wildman–Crippen LogP) is 5.01. The Balaban J connectivity index is 2.35. The number of rotatable bonds is 2. The number of aryl methyl sites for hydroxylation is 1. The number of aromatic nitrogens is 1. The molecule has 0 radical (unpaired) electrons. The summed E-state index contributed by atoms with van der Waals surface area (Å²) in [6.07, 6.45) is 0. The Morgan fingerprint density at radius 1 is 1.05 bits per heavy atom. The molecule has 20 heavy (non-hydrogen) atoms. The summed E-state index contributed by atoms with van der Waals surface area (Å²) in [6.45, 7) is 2.09. The summed E-state index contributed by atoms with van der Waals surface area (Å²) < 4.78 is 1.06. The maximum Gasteiger partial charge on any atom is 0.0770 e. The van der Waals surface area contributed by atoms with Crippen LogP contribution in [0.5, 0.6) is 0 Å². The van der Waals surface area contributed by atoms with Gasteiger partial charge in [0.05, 0.1) is 11.2 Å². The Kier molecular flexibility index (Phi) is 3.45. The Hall–Kier alpha value is -1.87. The Bertz CT molecular complexity index is 767. The molecule has 0 fully saturated rings. The largest absolute Gasteiger partial charge is 0.387 e. The van der Waals surface area contributed by atoms with Crippen LogP contribution in [0, 0.1) is 6.92 Å². The zero-order valence-electron chi connectivity index (χ0n) is 11.4. The highest BCUT2D eigenvalue weighted by Gasteiger charge is 2.11. The van der Waals surface area contributed by atoms with E-state index in [0.29, 0.717) is 0 Å². The number of pyridine rings is 1. The van der Waals surface area contributed by atoms with Crippen LogP contribution in [0.15, 0.2) is 53.0 Å². The molecule has 0 aliphatic heterocycles. The molecule has 1 N–H and O–H groups in total. The molecule has 0 bridgehead atoms. The van der Waals surface area contributed by atoms with Gasteiger partial charge in [-0.1, -0.05) is 52.3 Å². The molecular formula is C17H15BrN2. The normalized spacial score (nSPS) is 10.8. The highest BCUT2D eigenvalue weighted by molar-refractivity contribution is 9.10. The van der Waals surface area contributed by atoms with E-state index in [9.17, 15) is 0 Å². The summed E-state index contributed by atoms with van der Waals surface area (Å²) >= 11 is 3.62. The number of halogens is 1. The van der Waals surface area contributed by atoms with E-state index in [4.69, 9.17) is 4.98 Å². The van der Waals surface area contributed by atoms with Crippen LogP contribution in [0.25, 0.3) is 22.2 Å². The lowest BCUT2D eigenvalue weighted by Crippen LogP contribution is -1.96. The zero-order valence-corrected chi connectivity index (χ0v) is 13.0. The number of anilines is 1. The molecule has 1 heterocycles. The van der Waals surface area contributed by atoms with Gasteiger partial charge in [0.2, 0.25) is 0 Å². The highest BCUT2D eigenvalue weighted by Crippen LogP contribution is 2.34. The second kappa shape index (κ2) is 5.25. The first-order chi connectivity index (χ1) is 9.70. The third-order valence-electron chi connectivity index (χ3n) is 3.45. The van der Waals surface area contributed by atoms with Gasteiger partial charge in [-0.25, -0.2) is 4.98 Å². The standard InChI is InChI=1S/C17H15BrN2/c1-11-8-9-13(18)16-15(19-2)10-14(20-17(11)16)12-6-4-3-5-7-12/h3-10H,1-2H3,(H,19,20). The number of nitrogens with zero attached hydrogens (tertiary/aromatic N) is 1.